The van der Waals surface area contributed by atoms with Crippen molar-refractivity contribution in [2.75, 3.05) is 27.8 Å². The molecule has 0 aliphatic carbocycles. The number of likely N-dealkylation sites (N-methyl/N-ethyl adjacent to an activating group) is 1. The molecule has 0 spiro atoms. The van der Waals surface area contributed by atoms with E-state index in [0.29, 0.717) is 22.7 Å². The third-order valence-electron chi connectivity index (χ3n) is 4.61. The molecule has 1 amide bonds. The van der Waals surface area contributed by atoms with Crippen molar-refractivity contribution in [3.8, 4) is 0 Å². The molecule has 1 heterocycles. The summed E-state index contributed by atoms with van der Waals surface area (Å²) in [6.45, 7) is 2.28. The molecule has 2 aromatic carbocycles. The van der Waals surface area contributed by atoms with Crippen LogP contribution in [0.5, 0.6) is 0 Å². The van der Waals surface area contributed by atoms with E-state index in [1.807, 2.05) is 55.5 Å². The second kappa shape index (κ2) is 9.24. The summed E-state index contributed by atoms with van der Waals surface area (Å²) in [7, 11) is 5.06. The molecule has 0 radical (unpaired) electrons. The van der Waals surface area contributed by atoms with E-state index in [-0.39, 0.29) is 17.5 Å². The number of thioether (sulfide) groups is 1. The van der Waals surface area contributed by atoms with Gasteiger partial charge in [0.2, 0.25) is 5.91 Å². The van der Waals surface area contributed by atoms with Gasteiger partial charge in [-0.25, -0.2) is 4.98 Å². The predicted octanol–water partition coefficient (Wildman–Crippen LogP) is 3.53. The van der Waals surface area contributed by atoms with E-state index in [4.69, 9.17) is 9.72 Å². The molecule has 6 nitrogen and oxygen atoms in total. The van der Waals surface area contributed by atoms with E-state index in [0.717, 1.165) is 5.56 Å². The Bertz CT molecular complexity index is 1050. The summed E-state index contributed by atoms with van der Waals surface area (Å²) >= 11 is 1.29. The zero-order chi connectivity index (χ0) is 21.0. The molecule has 3 rings (SSSR count). The summed E-state index contributed by atoms with van der Waals surface area (Å²) in [5.74, 6) is -0.0606. The average Bonchev–Trinajstić information content (AvgIpc) is 2.72. The van der Waals surface area contributed by atoms with E-state index >= 15 is 0 Å². The van der Waals surface area contributed by atoms with E-state index in [2.05, 4.69) is 0 Å². The van der Waals surface area contributed by atoms with Crippen LogP contribution in [0.2, 0.25) is 0 Å². The topological polar surface area (TPSA) is 64.4 Å². The van der Waals surface area contributed by atoms with Gasteiger partial charge in [0.25, 0.3) is 5.56 Å². The Morgan fingerprint density at radius 3 is 2.45 bits per heavy atom. The van der Waals surface area contributed by atoms with Gasteiger partial charge in [0.05, 0.1) is 23.6 Å². The van der Waals surface area contributed by atoms with Crippen LogP contribution in [0.3, 0.4) is 0 Å². The monoisotopic (exact) mass is 411 g/mol. The highest BCUT2D eigenvalue weighted by Gasteiger charge is 2.27. The maximum absolute atomic E-state index is 13.2. The summed E-state index contributed by atoms with van der Waals surface area (Å²) < 4.78 is 6.92. The molecule has 0 bridgehead atoms. The smallest absolute Gasteiger partial charge is 0.262 e. The predicted molar refractivity (Wildman–Crippen MR) is 116 cm³/mol. The van der Waals surface area contributed by atoms with E-state index in [1.165, 1.54) is 11.8 Å². The molecule has 2 atom stereocenters. The number of aromatic nitrogens is 2. The van der Waals surface area contributed by atoms with Crippen molar-refractivity contribution >= 4 is 28.6 Å². The quantitative estimate of drug-likeness (QED) is 0.440. The average molecular weight is 412 g/mol. The first kappa shape index (κ1) is 21.1. The van der Waals surface area contributed by atoms with Crippen molar-refractivity contribution in [3.63, 3.8) is 0 Å². The molecule has 0 saturated carbocycles. The number of nitrogens with zero attached hydrogens (tertiary/aromatic N) is 3. The number of benzene rings is 2. The van der Waals surface area contributed by atoms with Crippen molar-refractivity contribution in [1.82, 2.24) is 14.5 Å². The third-order valence-corrected chi connectivity index (χ3v) is 5.82. The molecule has 1 aromatic heterocycles. The first-order chi connectivity index (χ1) is 13.9. The fourth-order valence-corrected chi connectivity index (χ4v) is 4.49. The van der Waals surface area contributed by atoms with E-state index < -0.39 is 5.25 Å². The highest BCUT2D eigenvalue weighted by atomic mass is 32.2. The lowest BCUT2D eigenvalue weighted by Crippen LogP contribution is -2.30. The molecule has 0 aliphatic heterocycles. The zero-order valence-corrected chi connectivity index (χ0v) is 17.8. The van der Waals surface area contributed by atoms with Gasteiger partial charge in [0.1, 0.15) is 5.25 Å². The van der Waals surface area contributed by atoms with E-state index in [1.54, 1.807) is 36.7 Å². The zero-order valence-electron chi connectivity index (χ0n) is 17.0. The van der Waals surface area contributed by atoms with Crippen LogP contribution in [0.25, 0.3) is 10.9 Å². The molecule has 0 fully saturated rings. The standard InChI is InChI=1S/C22H25N3O3S/c1-15(14-28-4)25-20(26)17-12-8-9-13-18(17)23-22(25)29-19(21(27)24(2)3)16-10-6-5-7-11-16/h5-13,15,19H,14H2,1-4H3/t15-,19+/m0/s1. The minimum atomic E-state index is -0.514. The largest absolute Gasteiger partial charge is 0.383 e. The van der Waals surface area contributed by atoms with Crippen LogP contribution in [0, 0.1) is 0 Å². The number of hydrogen-bond donors (Lipinski definition) is 0. The van der Waals surface area contributed by atoms with Crippen LogP contribution in [0.15, 0.2) is 64.5 Å². The molecule has 29 heavy (non-hydrogen) atoms. The van der Waals surface area contributed by atoms with Crippen molar-refractivity contribution in [3.05, 3.63) is 70.5 Å². The SMILES string of the molecule is COC[C@H](C)n1c(S[C@@H](C(=O)N(C)C)c2ccccc2)nc2ccccc2c1=O. The fourth-order valence-electron chi connectivity index (χ4n) is 3.14. The van der Waals surface area contributed by atoms with Crippen LogP contribution in [-0.2, 0) is 9.53 Å². The maximum atomic E-state index is 13.2. The molecular weight excluding hydrogens is 386 g/mol. The van der Waals surface area contributed by atoms with Gasteiger partial charge in [0, 0.05) is 21.2 Å². The Labute approximate surface area is 174 Å². The minimum Gasteiger partial charge on any atom is -0.383 e. The number of rotatable bonds is 7. The number of ether oxygens (including phenoxy) is 1. The van der Waals surface area contributed by atoms with Gasteiger partial charge in [-0.1, -0.05) is 54.2 Å². The lowest BCUT2D eigenvalue weighted by Gasteiger charge is -2.24. The second-order valence-corrected chi connectivity index (χ2v) is 8.10. The van der Waals surface area contributed by atoms with E-state index in [9.17, 15) is 9.59 Å². The first-order valence-corrected chi connectivity index (χ1v) is 10.2. The highest BCUT2D eigenvalue weighted by Crippen LogP contribution is 2.36. The molecule has 0 aliphatic rings. The van der Waals surface area contributed by atoms with Crippen molar-refractivity contribution < 1.29 is 9.53 Å². The molecule has 7 heteroatoms. The number of carbonyl (C=O) groups excluding carboxylic acids is 1. The Kier molecular flexibility index (Phi) is 6.71. The number of methoxy groups -OCH3 is 1. The van der Waals surface area contributed by atoms with Crippen LogP contribution < -0.4 is 5.56 Å². The molecular formula is C22H25N3O3S. The van der Waals surface area contributed by atoms with Crippen LogP contribution in [0.4, 0.5) is 0 Å². The molecule has 0 saturated heterocycles. The Balaban J connectivity index is 2.16. The van der Waals surface area contributed by atoms with Gasteiger partial charge < -0.3 is 9.64 Å². The number of fused-ring (bicyclic) bond motifs is 1. The number of carbonyl (C=O) groups is 1. The van der Waals surface area contributed by atoms with Gasteiger partial charge in [0.15, 0.2) is 5.16 Å². The first-order valence-electron chi connectivity index (χ1n) is 9.37. The van der Waals surface area contributed by atoms with Gasteiger partial charge in [-0.05, 0) is 24.6 Å². The molecule has 3 aromatic rings. The fraction of sp³-hybridized carbons (Fsp3) is 0.318. The Morgan fingerprint density at radius 1 is 1.14 bits per heavy atom. The van der Waals surface area contributed by atoms with Crippen LogP contribution in [-0.4, -0.2) is 48.2 Å². The Hall–Kier alpha value is -2.64. The molecule has 152 valence electrons. The summed E-state index contributed by atoms with van der Waals surface area (Å²) in [6, 6.07) is 16.6. The molecule has 0 unspecified atom stereocenters. The number of amides is 1. The second-order valence-electron chi connectivity index (χ2n) is 7.03. The summed E-state index contributed by atoms with van der Waals surface area (Å²) in [6.07, 6.45) is 0. The van der Waals surface area contributed by atoms with Gasteiger partial charge in [-0.15, -0.1) is 0 Å². The van der Waals surface area contributed by atoms with Gasteiger partial charge >= 0.3 is 0 Å². The van der Waals surface area contributed by atoms with Gasteiger partial charge in [-0.2, -0.15) is 0 Å². The van der Waals surface area contributed by atoms with Crippen molar-refractivity contribution in [2.24, 2.45) is 0 Å². The van der Waals surface area contributed by atoms with Crippen LogP contribution in [0.1, 0.15) is 23.8 Å². The minimum absolute atomic E-state index is 0.0606. The highest BCUT2D eigenvalue weighted by molar-refractivity contribution is 8.00. The van der Waals surface area contributed by atoms with Gasteiger partial charge in [-0.3, -0.25) is 14.2 Å². The summed E-state index contributed by atoms with van der Waals surface area (Å²) in [5.41, 5.74) is 1.35. The normalized spacial score (nSPS) is 13.2. The summed E-state index contributed by atoms with van der Waals surface area (Å²) in [5, 5.41) is 0.539. The molecule has 0 N–H and O–H groups in total. The van der Waals surface area contributed by atoms with Crippen molar-refractivity contribution in [2.45, 2.75) is 23.4 Å². The number of para-hydroxylation sites is 1. The lowest BCUT2D eigenvalue weighted by atomic mass is 10.1. The lowest BCUT2D eigenvalue weighted by molar-refractivity contribution is -0.128. The third kappa shape index (κ3) is 4.52. The maximum Gasteiger partial charge on any atom is 0.262 e. The van der Waals surface area contributed by atoms with Crippen LogP contribution >= 0.6 is 11.8 Å². The Morgan fingerprint density at radius 2 is 1.79 bits per heavy atom. The number of hydrogen-bond acceptors (Lipinski definition) is 5. The summed E-state index contributed by atoms with van der Waals surface area (Å²) in [4.78, 5) is 32.5. The van der Waals surface area contributed by atoms with Crippen molar-refractivity contribution in [1.29, 1.82) is 0 Å².